The highest BCUT2D eigenvalue weighted by Gasteiger charge is 2.52. The second-order valence-corrected chi connectivity index (χ2v) is 14.6. The van der Waals surface area contributed by atoms with Gasteiger partial charge in [0.2, 0.25) is 0 Å². The first-order valence-corrected chi connectivity index (χ1v) is 18.8. The van der Waals surface area contributed by atoms with E-state index < -0.39 is 144 Å². The van der Waals surface area contributed by atoms with Crippen LogP contribution in [-0.4, -0.2) is 6.15 Å². The maximum absolute atomic E-state index is 15.4. The van der Waals surface area contributed by atoms with Crippen LogP contribution in [0.5, 0.6) is 0 Å². The van der Waals surface area contributed by atoms with Gasteiger partial charge in [-0.1, -0.05) is 60.7 Å². The van der Waals surface area contributed by atoms with E-state index in [2.05, 4.69) is 102 Å². The maximum atomic E-state index is 15.4. The standard InChI is InChI=1S/C24BF20.C22H18N/c26-5-1(6(27)14(35)21(42)13(5)34)25(2-7(28)15(36)22(43)16(37)8(2)29,3-9(30)17(38)23(44)18(39)10(3)31)4-11(32)19(40)24(45)20(41)12(4)33;1-3-7-18(8-4-1)17-23-13-11-19(12-14-23)22-15-20-9-5-2-6-10-21(20)16-22/h;1-16H,17H2/q-1;+1. The molecule has 0 saturated heterocycles. The van der Waals surface area contributed by atoms with Gasteiger partial charge in [-0.2, -0.15) is 0 Å². The summed E-state index contributed by atoms with van der Waals surface area (Å²) < 4.78 is 296. The molecule has 0 aliphatic heterocycles. The molecule has 1 heterocycles. The predicted molar refractivity (Wildman–Crippen MR) is 203 cm³/mol. The molecule has 0 unspecified atom stereocenters. The number of fused-ring (bicyclic) bond motifs is 1. The lowest BCUT2D eigenvalue weighted by molar-refractivity contribution is -0.688. The number of hydrogen-bond acceptors (Lipinski definition) is 0. The van der Waals surface area contributed by atoms with E-state index >= 15 is 35.1 Å². The molecule has 0 saturated carbocycles. The summed E-state index contributed by atoms with van der Waals surface area (Å²) in [5.74, 6) is -71.4. The minimum absolute atomic E-state index is 0.903. The Labute approximate surface area is 368 Å². The first-order valence-electron chi connectivity index (χ1n) is 18.8. The van der Waals surface area contributed by atoms with E-state index in [0.29, 0.717) is 0 Å². The first kappa shape index (κ1) is 48.5. The third-order valence-electron chi connectivity index (χ3n) is 10.9. The van der Waals surface area contributed by atoms with Crippen molar-refractivity contribution in [2.45, 2.75) is 6.54 Å². The highest BCUT2D eigenvalue weighted by molar-refractivity contribution is 7.20. The summed E-state index contributed by atoms with van der Waals surface area (Å²) >= 11 is 0. The van der Waals surface area contributed by atoms with Crippen LogP contribution in [0.4, 0.5) is 87.8 Å². The fraction of sp³-hybridized carbons (Fsp3) is 0.0217. The third-order valence-corrected chi connectivity index (χ3v) is 10.9. The Morgan fingerprint density at radius 1 is 0.265 bits per heavy atom. The monoisotopic (exact) mass is 975 g/mol. The average Bonchev–Trinajstić information content (AvgIpc) is 3.61. The van der Waals surface area contributed by atoms with Crippen LogP contribution in [0, 0.1) is 116 Å². The lowest BCUT2D eigenvalue weighted by atomic mass is 9.12. The van der Waals surface area contributed by atoms with Crippen LogP contribution in [0.15, 0.2) is 97.3 Å². The molecule has 350 valence electrons. The number of pyridine rings is 1. The van der Waals surface area contributed by atoms with Crippen LogP contribution < -0.4 is 26.4 Å². The first-order chi connectivity index (χ1) is 32.1. The van der Waals surface area contributed by atoms with Crippen LogP contribution in [0.3, 0.4) is 0 Å². The van der Waals surface area contributed by atoms with Gasteiger partial charge in [0.1, 0.15) is 52.7 Å². The van der Waals surface area contributed by atoms with Gasteiger partial charge in [0.05, 0.1) is 0 Å². The summed E-state index contributed by atoms with van der Waals surface area (Å²) in [6, 6.07) is 30.0. The quantitative estimate of drug-likeness (QED) is 0.0493. The number of aromatic nitrogens is 1. The van der Waals surface area contributed by atoms with Crippen molar-refractivity contribution < 1.29 is 92.4 Å². The molecule has 5 aromatic carbocycles. The highest BCUT2D eigenvalue weighted by atomic mass is 19.2. The van der Waals surface area contributed by atoms with Gasteiger partial charge in [0.25, 0.3) is 0 Å². The summed E-state index contributed by atoms with van der Waals surface area (Å²) in [7, 11) is 0. The molecule has 0 N–H and O–H groups in total. The molecule has 2 aliphatic carbocycles. The molecule has 0 bridgehead atoms. The minimum atomic E-state index is -7.22. The van der Waals surface area contributed by atoms with Crippen LogP contribution in [-0.2, 0) is 6.54 Å². The van der Waals surface area contributed by atoms with Crippen LogP contribution in [0.1, 0.15) is 5.56 Å². The lowest BCUT2D eigenvalue weighted by Crippen LogP contribution is -2.81. The molecule has 0 fully saturated rings. The zero-order valence-corrected chi connectivity index (χ0v) is 33.0. The van der Waals surface area contributed by atoms with E-state index in [1.165, 1.54) is 27.8 Å². The van der Waals surface area contributed by atoms with E-state index in [1.807, 2.05) is 0 Å². The molecule has 6 aromatic rings. The van der Waals surface area contributed by atoms with Gasteiger partial charge < -0.3 is 0 Å². The third kappa shape index (κ3) is 7.73. The molecule has 2 aliphatic rings. The molecular formula is C46H18BF20N. The molecule has 0 radical (unpaired) electrons. The van der Waals surface area contributed by atoms with Crippen molar-refractivity contribution in [2.24, 2.45) is 0 Å². The summed E-state index contributed by atoms with van der Waals surface area (Å²) in [5, 5.41) is 0. The number of hydrogen-bond donors (Lipinski definition) is 0. The smallest absolute Gasteiger partial charge is 0.200 e. The van der Waals surface area contributed by atoms with E-state index in [0.717, 1.165) is 6.54 Å². The molecule has 8 rings (SSSR count). The molecule has 1 nitrogen and oxygen atoms in total. The zero-order chi connectivity index (χ0) is 49.8. The van der Waals surface area contributed by atoms with Gasteiger partial charge >= 0.3 is 0 Å². The lowest BCUT2D eigenvalue weighted by Gasteiger charge is -2.44. The van der Waals surface area contributed by atoms with Crippen LogP contribution >= 0.6 is 0 Å². The fourth-order valence-corrected chi connectivity index (χ4v) is 7.80. The maximum Gasteiger partial charge on any atom is 0.200 e. The number of nitrogens with zero attached hydrogens (tertiary/aromatic N) is 1. The predicted octanol–water partition coefficient (Wildman–Crippen LogP) is 10.6. The second-order valence-electron chi connectivity index (χ2n) is 14.6. The molecule has 1 aromatic heterocycles. The van der Waals surface area contributed by atoms with Gasteiger partial charge in [0.15, 0.2) is 88.7 Å². The van der Waals surface area contributed by atoms with Crippen molar-refractivity contribution in [3.63, 3.8) is 0 Å². The SMILES string of the molecule is Fc1c(F)c(F)c([B-](c2c(F)c(F)c(F)c(F)c2F)(c2c(F)c(F)c(F)c(F)c2F)c2c(F)c(F)c(F)c(F)c2F)c(F)c1F.c1ccc(C[n+]2ccc(-c3cc4cccccc-4c3)cc2)cc1. The van der Waals surface area contributed by atoms with Crippen molar-refractivity contribution in [1.29, 1.82) is 0 Å². The zero-order valence-electron chi connectivity index (χ0n) is 33.0. The Balaban J connectivity index is 0.000000246. The molecule has 0 atom stereocenters. The Morgan fingerprint density at radius 2 is 0.515 bits per heavy atom. The molecule has 68 heavy (non-hydrogen) atoms. The summed E-state index contributed by atoms with van der Waals surface area (Å²) in [6.45, 7) is 0.903. The van der Waals surface area contributed by atoms with Gasteiger partial charge in [-0.05, 0) is 34.4 Å². The largest absolute Gasteiger partial charge is 0.207 e. The fourth-order valence-electron chi connectivity index (χ4n) is 7.80. The van der Waals surface area contributed by atoms with Crippen LogP contribution in [0.2, 0.25) is 0 Å². The minimum Gasteiger partial charge on any atom is -0.207 e. The number of benzene rings is 5. The van der Waals surface area contributed by atoms with Crippen LogP contribution in [0.25, 0.3) is 22.3 Å². The van der Waals surface area contributed by atoms with E-state index in [9.17, 15) is 52.7 Å². The molecule has 0 spiro atoms. The van der Waals surface area contributed by atoms with Crippen molar-refractivity contribution in [1.82, 2.24) is 0 Å². The highest BCUT2D eigenvalue weighted by Crippen LogP contribution is 2.33. The number of rotatable bonds is 7. The van der Waals surface area contributed by atoms with Gasteiger partial charge in [0, 0.05) is 17.7 Å². The average molecular weight is 975 g/mol. The number of halogens is 20. The molecular weight excluding hydrogens is 957 g/mol. The molecule has 22 heteroatoms. The Kier molecular flexibility index (Phi) is 13.1. The normalized spacial score (nSPS) is 11.6. The van der Waals surface area contributed by atoms with Crippen molar-refractivity contribution in [3.05, 3.63) is 219 Å². The summed E-state index contributed by atoms with van der Waals surface area (Å²) in [6.07, 6.45) is -2.91. The van der Waals surface area contributed by atoms with Gasteiger partial charge in [-0.15, -0.1) is 21.9 Å². The van der Waals surface area contributed by atoms with Crippen molar-refractivity contribution in [3.8, 4) is 22.3 Å². The summed E-state index contributed by atoms with van der Waals surface area (Å²) in [5.41, 5.74) is -7.91. The van der Waals surface area contributed by atoms with E-state index in [1.54, 1.807) is 0 Å². The van der Waals surface area contributed by atoms with E-state index in [4.69, 9.17) is 0 Å². The Bertz CT molecular complexity index is 2840. The van der Waals surface area contributed by atoms with Crippen molar-refractivity contribution >= 4 is 28.0 Å². The Morgan fingerprint density at radius 3 is 0.794 bits per heavy atom. The van der Waals surface area contributed by atoms with Crippen molar-refractivity contribution in [2.75, 3.05) is 0 Å². The second kappa shape index (κ2) is 18.4. The summed E-state index contributed by atoms with van der Waals surface area (Å²) in [4.78, 5) is 0. The van der Waals surface area contributed by atoms with Gasteiger partial charge in [-0.3, -0.25) is 0 Å². The van der Waals surface area contributed by atoms with E-state index in [-0.39, 0.29) is 0 Å². The topological polar surface area (TPSA) is 3.88 Å². The molecule has 0 amide bonds. The van der Waals surface area contributed by atoms with Gasteiger partial charge in [-0.25, -0.2) is 92.4 Å². The Hall–Kier alpha value is -7.39.